The van der Waals surface area contributed by atoms with E-state index in [9.17, 15) is 0 Å². The van der Waals surface area contributed by atoms with Gasteiger partial charge in [0.2, 0.25) is 0 Å². The van der Waals surface area contributed by atoms with Crippen molar-refractivity contribution in [2.24, 2.45) is 5.16 Å². The summed E-state index contributed by atoms with van der Waals surface area (Å²) in [5, 5.41) is 12.5. The van der Waals surface area contributed by atoms with Crippen LogP contribution in [-0.2, 0) is 6.54 Å². The van der Waals surface area contributed by atoms with E-state index in [1.165, 1.54) is 5.56 Å². The highest BCUT2D eigenvalue weighted by Gasteiger charge is 2.28. The summed E-state index contributed by atoms with van der Waals surface area (Å²) in [6, 6.07) is 10.8. The van der Waals surface area contributed by atoms with Crippen LogP contribution in [0.4, 0.5) is 0 Å². The molecule has 2 rings (SSSR count). The molecule has 1 aliphatic carbocycles. The second-order valence-electron chi connectivity index (χ2n) is 4.55. The Hall–Kier alpha value is -1.35. The van der Waals surface area contributed by atoms with Crippen molar-refractivity contribution in [3.8, 4) is 0 Å². The maximum Gasteiger partial charge on any atom is 0.0742 e. The molecule has 0 saturated heterocycles. The molecule has 3 nitrogen and oxygen atoms in total. The molecule has 1 aliphatic rings. The molecule has 0 aliphatic heterocycles. The molecule has 92 valence electrons. The molecule has 0 amide bonds. The van der Waals surface area contributed by atoms with Crippen LogP contribution in [-0.4, -0.2) is 28.4 Å². The molecule has 1 saturated carbocycles. The van der Waals surface area contributed by atoms with E-state index in [-0.39, 0.29) is 0 Å². The van der Waals surface area contributed by atoms with Gasteiger partial charge in [-0.1, -0.05) is 42.4 Å². The smallest absolute Gasteiger partial charge is 0.0742 e. The summed E-state index contributed by atoms with van der Waals surface area (Å²) in [5.41, 5.74) is 2.27. The Morgan fingerprint density at radius 2 is 2.12 bits per heavy atom. The summed E-state index contributed by atoms with van der Waals surface area (Å²) in [6.45, 7) is 4.08. The Kier molecular flexibility index (Phi) is 4.15. The van der Waals surface area contributed by atoms with Crippen LogP contribution in [0.15, 0.2) is 35.5 Å². The fraction of sp³-hybridized carbons (Fsp3) is 0.500. The molecule has 0 radical (unpaired) electrons. The SMILES string of the molecule is CCN(Cc1ccccc1)[C@@H]1CCC/C1=N\O. The first-order chi connectivity index (χ1) is 8.35. The standard InChI is InChI=1S/C14H20N2O/c1-2-16(11-12-7-4-3-5-8-12)14-10-6-9-13(14)15-17/h3-5,7-8,14,17H,2,6,9-11H2,1H3/b15-13+/t14-/m1/s1. The molecule has 0 spiro atoms. The number of benzene rings is 1. The predicted octanol–water partition coefficient (Wildman–Crippen LogP) is 2.89. The zero-order valence-electron chi connectivity index (χ0n) is 10.3. The highest BCUT2D eigenvalue weighted by molar-refractivity contribution is 5.90. The van der Waals surface area contributed by atoms with Crippen molar-refractivity contribution in [1.29, 1.82) is 0 Å². The van der Waals surface area contributed by atoms with Gasteiger partial charge in [-0.05, 0) is 31.4 Å². The quantitative estimate of drug-likeness (QED) is 0.640. The molecule has 3 heteroatoms. The van der Waals surface area contributed by atoms with E-state index in [4.69, 9.17) is 5.21 Å². The summed E-state index contributed by atoms with van der Waals surface area (Å²) >= 11 is 0. The number of oxime groups is 1. The van der Waals surface area contributed by atoms with Crippen molar-refractivity contribution < 1.29 is 5.21 Å². The van der Waals surface area contributed by atoms with E-state index < -0.39 is 0 Å². The Morgan fingerprint density at radius 1 is 1.35 bits per heavy atom. The lowest BCUT2D eigenvalue weighted by Gasteiger charge is -2.27. The first kappa shape index (κ1) is 12.1. The van der Waals surface area contributed by atoms with Gasteiger partial charge in [0.05, 0.1) is 11.8 Å². The average molecular weight is 232 g/mol. The van der Waals surface area contributed by atoms with Crippen LogP contribution >= 0.6 is 0 Å². The van der Waals surface area contributed by atoms with E-state index in [1.54, 1.807) is 0 Å². The molecule has 0 unspecified atom stereocenters. The second-order valence-corrected chi connectivity index (χ2v) is 4.55. The number of hydrogen-bond acceptors (Lipinski definition) is 3. The van der Waals surface area contributed by atoms with Gasteiger partial charge in [0.1, 0.15) is 0 Å². The molecule has 0 bridgehead atoms. The summed E-state index contributed by atoms with van der Waals surface area (Å²) in [7, 11) is 0. The fourth-order valence-corrected chi connectivity index (χ4v) is 2.58. The molecular weight excluding hydrogens is 212 g/mol. The third-order valence-electron chi connectivity index (χ3n) is 3.50. The third kappa shape index (κ3) is 2.86. The Labute approximate surface area is 103 Å². The van der Waals surface area contributed by atoms with Crippen LogP contribution in [0.1, 0.15) is 31.7 Å². The minimum Gasteiger partial charge on any atom is -0.411 e. The lowest BCUT2D eigenvalue weighted by atomic mass is 10.1. The predicted molar refractivity (Wildman–Crippen MR) is 69.4 cm³/mol. The molecule has 1 aromatic carbocycles. The maximum absolute atomic E-state index is 9.01. The van der Waals surface area contributed by atoms with E-state index in [0.29, 0.717) is 6.04 Å². The van der Waals surface area contributed by atoms with Crippen LogP contribution < -0.4 is 0 Å². The van der Waals surface area contributed by atoms with Crippen molar-refractivity contribution in [2.45, 2.75) is 38.8 Å². The van der Waals surface area contributed by atoms with Gasteiger partial charge in [0.15, 0.2) is 0 Å². The summed E-state index contributed by atoms with van der Waals surface area (Å²) < 4.78 is 0. The second kappa shape index (κ2) is 5.82. The lowest BCUT2D eigenvalue weighted by Crippen LogP contribution is -2.37. The highest BCUT2D eigenvalue weighted by atomic mass is 16.4. The summed E-state index contributed by atoms with van der Waals surface area (Å²) in [6.07, 6.45) is 3.18. The first-order valence-electron chi connectivity index (χ1n) is 6.34. The van der Waals surface area contributed by atoms with Crippen molar-refractivity contribution >= 4 is 5.71 Å². The lowest BCUT2D eigenvalue weighted by molar-refractivity contribution is 0.236. The van der Waals surface area contributed by atoms with Gasteiger partial charge in [-0.3, -0.25) is 4.90 Å². The maximum atomic E-state index is 9.01. The fourth-order valence-electron chi connectivity index (χ4n) is 2.58. The van der Waals surface area contributed by atoms with Gasteiger partial charge in [-0.2, -0.15) is 0 Å². The van der Waals surface area contributed by atoms with E-state index in [2.05, 4.69) is 41.2 Å². The summed E-state index contributed by atoms with van der Waals surface area (Å²) in [4.78, 5) is 2.39. The van der Waals surface area contributed by atoms with Crippen LogP contribution in [0.25, 0.3) is 0 Å². The average Bonchev–Trinajstić information content (AvgIpc) is 2.85. The Bertz CT molecular complexity index is 375. The van der Waals surface area contributed by atoms with Crippen molar-refractivity contribution in [2.75, 3.05) is 6.54 Å². The Morgan fingerprint density at radius 3 is 2.76 bits per heavy atom. The molecule has 1 aromatic rings. The molecular formula is C14H20N2O. The van der Waals surface area contributed by atoms with Gasteiger partial charge >= 0.3 is 0 Å². The van der Waals surface area contributed by atoms with Gasteiger partial charge in [-0.15, -0.1) is 0 Å². The highest BCUT2D eigenvalue weighted by Crippen LogP contribution is 2.23. The molecule has 0 aromatic heterocycles. The van der Waals surface area contributed by atoms with E-state index in [0.717, 1.165) is 38.1 Å². The molecule has 17 heavy (non-hydrogen) atoms. The third-order valence-corrected chi connectivity index (χ3v) is 3.50. The first-order valence-corrected chi connectivity index (χ1v) is 6.34. The van der Waals surface area contributed by atoms with E-state index >= 15 is 0 Å². The van der Waals surface area contributed by atoms with Crippen LogP contribution in [0.2, 0.25) is 0 Å². The molecule has 0 heterocycles. The minimum atomic E-state index is 0.324. The van der Waals surface area contributed by atoms with E-state index in [1.807, 2.05) is 6.07 Å². The van der Waals surface area contributed by atoms with Crippen LogP contribution in [0.5, 0.6) is 0 Å². The zero-order chi connectivity index (χ0) is 12.1. The van der Waals surface area contributed by atoms with Gasteiger partial charge in [-0.25, -0.2) is 0 Å². The van der Waals surface area contributed by atoms with Crippen molar-refractivity contribution in [3.05, 3.63) is 35.9 Å². The van der Waals surface area contributed by atoms with Crippen LogP contribution in [0, 0.1) is 0 Å². The van der Waals surface area contributed by atoms with Gasteiger partial charge < -0.3 is 5.21 Å². The largest absolute Gasteiger partial charge is 0.411 e. The molecule has 1 N–H and O–H groups in total. The van der Waals surface area contributed by atoms with Crippen LogP contribution in [0.3, 0.4) is 0 Å². The van der Waals surface area contributed by atoms with Crippen molar-refractivity contribution in [3.63, 3.8) is 0 Å². The number of rotatable bonds is 4. The summed E-state index contributed by atoms with van der Waals surface area (Å²) in [5.74, 6) is 0. The zero-order valence-corrected chi connectivity index (χ0v) is 10.3. The topological polar surface area (TPSA) is 35.8 Å². The van der Waals surface area contributed by atoms with Gasteiger partial charge in [0.25, 0.3) is 0 Å². The monoisotopic (exact) mass is 232 g/mol. The van der Waals surface area contributed by atoms with Crippen molar-refractivity contribution in [1.82, 2.24) is 4.90 Å². The molecule has 1 atom stereocenters. The number of hydrogen-bond donors (Lipinski definition) is 1. The number of nitrogens with zero attached hydrogens (tertiary/aromatic N) is 2. The minimum absolute atomic E-state index is 0.324. The Balaban J connectivity index is 2.06. The van der Waals surface area contributed by atoms with Gasteiger partial charge in [0, 0.05) is 6.54 Å². The normalized spacial score (nSPS) is 22.5. The molecule has 1 fully saturated rings.